The SMILES string of the molecule is CCOC(=O)/C=C/[C@H]1C[C@H]1c1c(Cl)cc2c(cnn2C2CCCCO2)c1Br. The smallest absolute Gasteiger partial charge is 0.330 e. The predicted molar refractivity (Wildman–Crippen MR) is 108 cm³/mol. The fraction of sp³-hybridized carbons (Fsp3) is 0.500. The summed E-state index contributed by atoms with van der Waals surface area (Å²) < 4.78 is 13.8. The zero-order valence-corrected chi connectivity index (χ0v) is 17.5. The van der Waals surface area contributed by atoms with E-state index in [9.17, 15) is 4.79 Å². The van der Waals surface area contributed by atoms with Crippen molar-refractivity contribution >= 4 is 44.4 Å². The molecule has 1 aliphatic carbocycles. The van der Waals surface area contributed by atoms with Gasteiger partial charge in [-0.1, -0.05) is 17.7 Å². The molecule has 27 heavy (non-hydrogen) atoms. The maximum Gasteiger partial charge on any atom is 0.330 e. The van der Waals surface area contributed by atoms with E-state index in [0.717, 1.165) is 58.3 Å². The molecule has 4 rings (SSSR count). The van der Waals surface area contributed by atoms with Crippen molar-refractivity contribution in [1.29, 1.82) is 0 Å². The Labute approximate surface area is 171 Å². The van der Waals surface area contributed by atoms with Gasteiger partial charge >= 0.3 is 5.97 Å². The van der Waals surface area contributed by atoms with E-state index in [4.69, 9.17) is 21.1 Å². The summed E-state index contributed by atoms with van der Waals surface area (Å²) in [6.07, 6.45) is 9.50. The molecule has 5 nitrogen and oxygen atoms in total. The fourth-order valence-corrected chi connectivity index (χ4v) is 5.04. The molecule has 0 bridgehead atoms. The van der Waals surface area contributed by atoms with Crippen LogP contribution >= 0.6 is 27.5 Å². The second kappa shape index (κ2) is 7.94. The summed E-state index contributed by atoms with van der Waals surface area (Å²) >= 11 is 10.4. The standard InChI is InChI=1S/C20H22BrClN2O3/c1-2-26-18(25)7-6-12-9-13(12)19-15(22)10-16-14(20(19)21)11-23-24(16)17-5-3-4-8-27-17/h6-7,10-13,17H,2-5,8-9H2,1H3/b7-6+/t12-,13+,17?/m0/s1. The summed E-state index contributed by atoms with van der Waals surface area (Å²) in [4.78, 5) is 11.5. The maximum atomic E-state index is 11.5. The van der Waals surface area contributed by atoms with Gasteiger partial charge in [-0.25, -0.2) is 9.48 Å². The molecular formula is C20H22BrClN2O3. The Kier molecular flexibility index (Phi) is 5.58. The lowest BCUT2D eigenvalue weighted by Gasteiger charge is -2.23. The Hall–Kier alpha value is -1.37. The van der Waals surface area contributed by atoms with Gasteiger partial charge < -0.3 is 9.47 Å². The first-order valence-corrected chi connectivity index (χ1v) is 10.6. The number of allylic oxidation sites excluding steroid dienone is 1. The van der Waals surface area contributed by atoms with Gasteiger partial charge in [0.1, 0.15) is 0 Å². The molecule has 1 saturated carbocycles. The number of benzene rings is 1. The Balaban J connectivity index is 1.59. The van der Waals surface area contributed by atoms with Crippen LogP contribution in [0.15, 0.2) is 28.9 Å². The second-order valence-corrected chi connectivity index (χ2v) is 8.25. The fourth-order valence-electron chi connectivity index (χ4n) is 3.77. The van der Waals surface area contributed by atoms with Crippen molar-refractivity contribution in [3.05, 3.63) is 39.5 Å². The summed E-state index contributed by atoms with van der Waals surface area (Å²) in [6.45, 7) is 2.96. The van der Waals surface area contributed by atoms with Gasteiger partial charge in [-0.05, 0) is 72.0 Å². The Morgan fingerprint density at radius 1 is 1.52 bits per heavy atom. The number of fused-ring (bicyclic) bond motifs is 1. The van der Waals surface area contributed by atoms with Crippen molar-refractivity contribution in [3.63, 3.8) is 0 Å². The zero-order valence-electron chi connectivity index (χ0n) is 15.2. The van der Waals surface area contributed by atoms with E-state index in [1.807, 2.05) is 23.0 Å². The minimum atomic E-state index is -0.294. The van der Waals surface area contributed by atoms with E-state index in [0.29, 0.717) is 18.4 Å². The second-order valence-electron chi connectivity index (χ2n) is 7.05. The molecule has 2 fully saturated rings. The third-order valence-corrected chi connectivity index (χ3v) is 6.40. The van der Waals surface area contributed by atoms with Crippen molar-refractivity contribution in [3.8, 4) is 0 Å². The average Bonchev–Trinajstić information content (AvgIpc) is 3.29. The van der Waals surface area contributed by atoms with Gasteiger partial charge in [0.25, 0.3) is 0 Å². The summed E-state index contributed by atoms with van der Waals surface area (Å²) in [5.74, 6) is 0.311. The van der Waals surface area contributed by atoms with Gasteiger partial charge in [0, 0.05) is 27.6 Å². The topological polar surface area (TPSA) is 53.3 Å². The van der Waals surface area contributed by atoms with Gasteiger partial charge in [-0.2, -0.15) is 5.10 Å². The van der Waals surface area contributed by atoms with Crippen molar-refractivity contribution in [2.45, 2.75) is 44.8 Å². The van der Waals surface area contributed by atoms with Gasteiger partial charge in [-0.3, -0.25) is 0 Å². The van der Waals surface area contributed by atoms with E-state index in [2.05, 4.69) is 21.0 Å². The first-order chi connectivity index (χ1) is 13.1. The largest absolute Gasteiger partial charge is 0.463 e. The summed E-state index contributed by atoms with van der Waals surface area (Å²) in [7, 11) is 0. The van der Waals surface area contributed by atoms with Crippen LogP contribution < -0.4 is 0 Å². The number of esters is 1. The molecule has 2 aromatic rings. The number of nitrogens with zero attached hydrogens (tertiary/aromatic N) is 2. The molecule has 1 saturated heterocycles. The number of rotatable bonds is 5. The van der Waals surface area contributed by atoms with Gasteiger partial charge in [0.05, 0.1) is 18.3 Å². The van der Waals surface area contributed by atoms with Crippen LogP contribution in [0.5, 0.6) is 0 Å². The normalized spacial score (nSPS) is 25.2. The van der Waals surface area contributed by atoms with E-state index in [1.165, 1.54) is 6.08 Å². The summed E-state index contributed by atoms with van der Waals surface area (Å²) in [5.41, 5.74) is 2.08. The van der Waals surface area contributed by atoms with E-state index >= 15 is 0 Å². The van der Waals surface area contributed by atoms with Crippen LogP contribution in [0.25, 0.3) is 10.9 Å². The molecule has 2 heterocycles. The molecule has 0 radical (unpaired) electrons. The minimum absolute atomic E-state index is 0.0220. The van der Waals surface area contributed by atoms with E-state index in [1.54, 1.807) is 6.92 Å². The van der Waals surface area contributed by atoms with Crippen LogP contribution in [0.2, 0.25) is 5.02 Å². The number of halogens is 2. The highest BCUT2D eigenvalue weighted by atomic mass is 79.9. The molecule has 1 aromatic carbocycles. The van der Waals surface area contributed by atoms with E-state index < -0.39 is 0 Å². The van der Waals surface area contributed by atoms with E-state index in [-0.39, 0.29) is 12.2 Å². The summed E-state index contributed by atoms with van der Waals surface area (Å²) in [5, 5.41) is 6.34. The van der Waals surface area contributed by atoms with Crippen LogP contribution in [0, 0.1) is 5.92 Å². The molecule has 0 amide bonds. The van der Waals surface area contributed by atoms with Gasteiger partial charge in [0.15, 0.2) is 6.23 Å². The molecule has 2 aliphatic rings. The third-order valence-electron chi connectivity index (χ3n) is 5.23. The molecule has 0 N–H and O–H groups in total. The molecule has 7 heteroatoms. The zero-order chi connectivity index (χ0) is 19.0. The van der Waals surface area contributed by atoms with Crippen LogP contribution in [0.3, 0.4) is 0 Å². The monoisotopic (exact) mass is 452 g/mol. The highest BCUT2D eigenvalue weighted by Gasteiger charge is 2.39. The van der Waals surface area contributed by atoms with Crippen molar-refractivity contribution in [2.75, 3.05) is 13.2 Å². The predicted octanol–water partition coefficient (Wildman–Crippen LogP) is 5.37. The number of hydrogen-bond donors (Lipinski definition) is 0. The van der Waals surface area contributed by atoms with Crippen LogP contribution in [0.1, 0.15) is 50.3 Å². The number of carbonyl (C=O) groups is 1. The molecular weight excluding hydrogens is 432 g/mol. The lowest BCUT2D eigenvalue weighted by Crippen LogP contribution is -2.18. The number of aromatic nitrogens is 2. The maximum absolute atomic E-state index is 11.5. The van der Waals surface area contributed by atoms with Crippen molar-refractivity contribution in [1.82, 2.24) is 9.78 Å². The highest BCUT2D eigenvalue weighted by molar-refractivity contribution is 9.10. The van der Waals surface area contributed by atoms with Crippen LogP contribution in [-0.4, -0.2) is 29.0 Å². The van der Waals surface area contributed by atoms with Gasteiger partial charge in [-0.15, -0.1) is 0 Å². The Bertz CT molecular complexity index is 889. The number of carbonyl (C=O) groups excluding carboxylic acids is 1. The quantitative estimate of drug-likeness (QED) is 0.451. The average molecular weight is 454 g/mol. The van der Waals surface area contributed by atoms with Gasteiger partial charge in [0.2, 0.25) is 0 Å². The van der Waals surface area contributed by atoms with Crippen molar-refractivity contribution in [2.24, 2.45) is 5.92 Å². The molecule has 1 unspecified atom stereocenters. The molecule has 3 atom stereocenters. The highest BCUT2D eigenvalue weighted by Crippen LogP contribution is 2.54. The molecule has 0 spiro atoms. The Morgan fingerprint density at radius 2 is 2.37 bits per heavy atom. The van der Waals surface area contributed by atoms with Crippen LogP contribution in [-0.2, 0) is 14.3 Å². The molecule has 144 valence electrons. The van der Waals surface area contributed by atoms with Crippen molar-refractivity contribution < 1.29 is 14.3 Å². The first kappa shape index (κ1) is 19.0. The summed E-state index contributed by atoms with van der Waals surface area (Å²) in [6, 6.07) is 1.99. The lowest BCUT2D eigenvalue weighted by atomic mass is 10.1. The first-order valence-electron chi connectivity index (χ1n) is 9.41. The minimum Gasteiger partial charge on any atom is -0.463 e. The number of hydrogen-bond acceptors (Lipinski definition) is 4. The molecule has 1 aromatic heterocycles. The van der Waals surface area contributed by atoms with Crippen LogP contribution in [0.4, 0.5) is 0 Å². The third kappa shape index (κ3) is 3.80. The lowest BCUT2D eigenvalue weighted by molar-refractivity contribution is -0.137. The number of ether oxygens (including phenoxy) is 2. The molecule has 1 aliphatic heterocycles. The Morgan fingerprint density at radius 3 is 3.11 bits per heavy atom.